The minimum atomic E-state index is 0.348. The van der Waals surface area contributed by atoms with Gasteiger partial charge in [0.15, 0.2) is 0 Å². The highest BCUT2D eigenvalue weighted by molar-refractivity contribution is 5.32. The lowest BCUT2D eigenvalue weighted by atomic mass is 10.00. The summed E-state index contributed by atoms with van der Waals surface area (Å²) in [4.78, 5) is 0. The van der Waals surface area contributed by atoms with Gasteiger partial charge in [-0.25, -0.2) is 0 Å². The van der Waals surface area contributed by atoms with Crippen LogP contribution in [0, 0.1) is 13.8 Å². The van der Waals surface area contributed by atoms with Crippen LogP contribution in [0.4, 0.5) is 0 Å². The number of nitrogens with zero attached hydrogens (tertiary/aromatic N) is 2. The van der Waals surface area contributed by atoms with Gasteiger partial charge in [-0.15, -0.1) is 0 Å². The molecule has 2 aromatic rings. The highest BCUT2D eigenvalue weighted by atomic mass is 15.3. The molecule has 2 rings (SSSR count). The van der Waals surface area contributed by atoms with Crippen molar-refractivity contribution < 1.29 is 0 Å². The molecule has 0 saturated carbocycles. The summed E-state index contributed by atoms with van der Waals surface area (Å²) in [6.45, 7) is 9.56. The van der Waals surface area contributed by atoms with Crippen molar-refractivity contribution in [2.45, 2.75) is 46.7 Å². The second kappa shape index (κ2) is 6.23. The van der Waals surface area contributed by atoms with E-state index in [2.05, 4.69) is 62.5 Å². The summed E-state index contributed by atoms with van der Waals surface area (Å²) in [6, 6.07) is 7.00. The van der Waals surface area contributed by atoms with Crippen LogP contribution in [0.25, 0.3) is 0 Å². The number of nitrogens with one attached hydrogen (secondary N) is 1. The molecular formula is C17H25N3. The summed E-state index contributed by atoms with van der Waals surface area (Å²) in [5, 5.41) is 8.10. The topological polar surface area (TPSA) is 29.9 Å². The first kappa shape index (κ1) is 14.8. The van der Waals surface area contributed by atoms with Gasteiger partial charge in [0, 0.05) is 31.4 Å². The van der Waals surface area contributed by atoms with Crippen LogP contribution in [0.3, 0.4) is 0 Å². The molecule has 0 bridgehead atoms. The summed E-state index contributed by atoms with van der Waals surface area (Å²) < 4.78 is 1.90. The van der Waals surface area contributed by atoms with Crippen LogP contribution in [-0.2, 0) is 20.0 Å². The lowest BCUT2D eigenvalue weighted by Gasteiger charge is -2.17. The Labute approximate surface area is 122 Å². The van der Waals surface area contributed by atoms with E-state index < -0.39 is 0 Å². The lowest BCUT2D eigenvalue weighted by Crippen LogP contribution is -2.19. The Morgan fingerprint density at radius 3 is 2.70 bits per heavy atom. The molecule has 1 aromatic heterocycles. The molecule has 0 aliphatic rings. The smallest absolute Gasteiger partial charge is 0.0666 e. The quantitative estimate of drug-likeness (QED) is 0.902. The van der Waals surface area contributed by atoms with Gasteiger partial charge in [0.25, 0.3) is 0 Å². The van der Waals surface area contributed by atoms with E-state index in [1.807, 2.05) is 11.7 Å². The second-order valence-electron chi connectivity index (χ2n) is 5.59. The monoisotopic (exact) mass is 271 g/mol. The van der Waals surface area contributed by atoms with Gasteiger partial charge < -0.3 is 5.32 Å². The minimum Gasteiger partial charge on any atom is -0.306 e. The van der Waals surface area contributed by atoms with E-state index >= 15 is 0 Å². The highest BCUT2D eigenvalue weighted by Crippen LogP contribution is 2.19. The zero-order valence-corrected chi connectivity index (χ0v) is 13.2. The number of rotatable bonds is 5. The van der Waals surface area contributed by atoms with Gasteiger partial charge in [-0.1, -0.05) is 30.7 Å². The van der Waals surface area contributed by atoms with Crippen LogP contribution in [0.15, 0.2) is 24.4 Å². The average molecular weight is 271 g/mol. The van der Waals surface area contributed by atoms with Crippen LogP contribution in [0.1, 0.15) is 47.8 Å². The molecular weight excluding hydrogens is 246 g/mol. The summed E-state index contributed by atoms with van der Waals surface area (Å²) in [6.07, 6.45) is 3.09. The van der Waals surface area contributed by atoms with Gasteiger partial charge in [-0.05, 0) is 38.3 Å². The summed E-state index contributed by atoms with van der Waals surface area (Å²) in [7, 11) is 1.98. The highest BCUT2D eigenvalue weighted by Gasteiger charge is 2.10. The number of benzene rings is 1. The van der Waals surface area contributed by atoms with Crippen molar-refractivity contribution in [3.8, 4) is 0 Å². The molecule has 3 nitrogen and oxygen atoms in total. The normalized spacial score (nSPS) is 12.7. The molecule has 1 unspecified atom stereocenters. The van der Waals surface area contributed by atoms with Crippen molar-refractivity contribution in [1.29, 1.82) is 0 Å². The molecule has 0 radical (unpaired) electrons. The van der Waals surface area contributed by atoms with E-state index in [4.69, 9.17) is 0 Å². The molecule has 0 aliphatic heterocycles. The third kappa shape index (κ3) is 3.28. The van der Waals surface area contributed by atoms with Crippen molar-refractivity contribution in [3.63, 3.8) is 0 Å². The first-order valence-corrected chi connectivity index (χ1v) is 7.33. The molecule has 20 heavy (non-hydrogen) atoms. The molecule has 1 heterocycles. The molecule has 1 atom stereocenters. The molecule has 3 heteroatoms. The van der Waals surface area contributed by atoms with E-state index in [9.17, 15) is 0 Å². The van der Waals surface area contributed by atoms with Crippen molar-refractivity contribution in [2.24, 2.45) is 7.05 Å². The first-order chi connectivity index (χ1) is 9.51. The van der Waals surface area contributed by atoms with Crippen LogP contribution < -0.4 is 5.32 Å². The lowest BCUT2D eigenvalue weighted by molar-refractivity contribution is 0.570. The Hall–Kier alpha value is -1.61. The number of aromatic nitrogens is 2. The summed E-state index contributed by atoms with van der Waals surface area (Å²) in [5.74, 6) is 0. The Morgan fingerprint density at radius 1 is 1.30 bits per heavy atom. The number of hydrogen-bond acceptors (Lipinski definition) is 2. The van der Waals surface area contributed by atoms with Gasteiger partial charge in [0.05, 0.1) is 5.69 Å². The zero-order valence-electron chi connectivity index (χ0n) is 13.2. The summed E-state index contributed by atoms with van der Waals surface area (Å²) >= 11 is 0. The van der Waals surface area contributed by atoms with Gasteiger partial charge in [0.2, 0.25) is 0 Å². The largest absolute Gasteiger partial charge is 0.306 e. The van der Waals surface area contributed by atoms with Crippen LogP contribution >= 0.6 is 0 Å². The first-order valence-electron chi connectivity index (χ1n) is 7.33. The molecule has 1 aromatic carbocycles. The van der Waals surface area contributed by atoms with Crippen LogP contribution in [0.2, 0.25) is 0 Å². The maximum absolute atomic E-state index is 4.49. The predicted molar refractivity (Wildman–Crippen MR) is 83.8 cm³/mol. The van der Waals surface area contributed by atoms with Crippen molar-refractivity contribution >= 4 is 0 Å². The molecule has 108 valence electrons. The Morgan fingerprint density at radius 2 is 2.05 bits per heavy atom. The van der Waals surface area contributed by atoms with Crippen molar-refractivity contribution in [3.05, 3.63) is 52.3 Å². The third-order valence-electron chi connectivity index (χ3n) is 3.82. The molecule has 0 amide bonds. The minimum absolute atomic E-state index is 0.348. The van der Waals surface area contributed by atoms with Gasteiger partial charge in [-0.2, -0.15) is 5.10 Å². The maximum atomic E-state index is 4.49. The zero-order chi connectivity index (χ0) is 14.7. The Balaban J connectivity index is 2.06. The standard InChI is InChI=1S/C17H25N3/c1-6-17-15(11-20(5)19-17)10-18-14(4)16-8-7-12(2)9-13(16)3/h7-9,11,14,18H,6,10H2,1-5H3. The third-order valence-corrected chi connectivity index (χ3v) is 3.82. The fourth-order valence-electron chi connectivity index (χ4n) is 2.71. The van der Waals surface area contributed by atoms with E-state index in [0.29, 0.717) is 6.04 Å². The van der Waals surface area contributed by atoms with E-state index in [1.54, 1.807) is 0 Å². The molecule has 0 saturated heterocycles. The average Bonchev–Trinajstić information content (AvgIpc) is 2.76. The van der Waals surface area contributed by atoms with E-state index in [-0.39, 0.29) is 0 Å². The van der Waals surface area contributed by atoms with Crippen LogP contribution in [-0.4, -0.2) is 9.78 Å². The molecule has 0 spiro atoms. The van der Waals surface area contributed by atoms with Crippen LogP contribution in [0.5, 0.6) is 0 Å². The van der Waals surface area contributed by atoms with E-state index in [1.165, 1.54) is 27.9 Å². The Bertz CT molecular complexity index is 584. The molecule has 1 N–H and O–H groups in total. The molecule has 0 fully saturated rings. The predicted octanol–water partition coefficient (Wildman–Crippen LogP) is 3.45. The fourth-order valence-corrected chi connectivity index (χ4v) is 2.71. The van der Waals surface area contributed by atoms with Gasteiger partial charge in [0.1, 0.15) is 0 Å². The van der Waals surface area contributed by atoms with Crippen molar-refractivity contribution in [2.75, 3.05) is 0 Å². The summed E-state index contributed by atoms with van der Waals surface area (Å²) in [5.41, 5.74) is 6.53. The number of aryl methyl sites for hydroxylation is 4. The van der Waals surface area contributed by atoms with Gasteiger partial charge >= 0.3 is 0 Å². The Kier molecular flexibility index (Phi) is 4.61. The van der Waals surface area contributed by atoms with Gasteiger partial charge in [-0.3, -0.25) is 4.68 Å². The number of hydrogen-bond donors (Lipinski definition) is 1. The second-order valence-corrected chi connectivity index (χ2v) is 5.59. The van der Waals surface area contributed by atoms with Crippen molar-refractivity contribution in [1.82, 2.24) is 15.1 Å². The maximum Gasteiger partial charge on any atom is 0.0666 e. The SMILES string of the molecule is CCc1nn(C)cc1CNC(C)c1ccc(C)cc1C. The fraction of sp³-hybridized carbons (Fsp3) is 0.471. The van der Waals surface area contributed by atoms with E-state index in [0.717, 1.165) is 13.0 Å². The molecule has 0 aliphatic carbocycles.